The first kappa shape index (κ1) is 10.7. The van der Waals surface area contributed by atoms with Crippen LogP contribution in [0, 0.1) is 6.92 Å². The summed E-state index contributed by atoms with van der Waals surface area (Å²) < 4.78 is 4.51. The Kier molecular flexibility index (Phi) is 4.13. The zero-order valence-corrected chi connectivity index (χ0v) is 8.54. The number of rotatable bonds is 4. The van der Waals surface area contributed by atoms with Gasteiger partial charge in [0.05, 0.1) is 13.7 Å². The predicted molar refractivity (Wildman–Crippen MR) is 54.9 cm³/mol. The molecule has 0 aliphatic heterocycles. The van der Waals surface area contributed by atoms with E-state index in [1.54, 1.807) is 0 Å². The highest BCUT2D eigenvalue weighted by atomic mass is 16.5. The lowest BCUT2D eigenvalue weighted by atomic mass is 10.1. The van der Waals surface area contributed by atoms with Crippen LogP contribution in [0.5, 0.6) is 0 Å². The highest BCUT2D eigenvalue weighted by Crippen LogP contribution is 2.01. The third kappa shape index (κ3) is 3.58. The van der Waals surface area contributed by atoms with E-state index in [9.17, 15) is 4.79 Å². The Morgan fingerprint density at radius 2 is 2.00 bits per heavy atom. The number of hydrogen-bond acceptors (Lipinski definition) is 3. The van der Waals surface area contributed by atoms with Gasteiger partial charge < -0.3 is 10.1 Å². The van der Waals surface area contributed by atoms with Crippen LogP contribution in [0.15, 0.2) is 24.3 Å². The molecule has 1 aromatic carbocycles. The molecule has 0 amide bonds. The summed E-state index contributed by atoms with van der Waals surface area (Å²) in [6.45, 7) is 2.99. The molecule has 0 aliphatic rings. The molecule has 3 heteroatoms. The Hall–Kier alpha value is -1.35. The molecule has 76 valence electrons. The molecule has 0 atom stereocenters. The van der Waals surface area contributed by atoms with Crippen molar-refractivity contribution >= 4 is 5.97 Å². The number of aryl methyl sites for hydroxylation is 1. The van der Waals surface area contributed by atoms with Gasteiger partial charge >= 0.3 is 5.97 Å². The Labute approximate surface area is 84.1 Å². The first-order valence-electron chi connectivity index (χ1n) is 4.55. The van der Waals surface area contributed by atoms with E-state index >= 15 is 0 Å². The maximum atomic E-state index is 10.8. The van der Waals surface area contributed by atoms with Gasteiger partial charge in [0, 0.05) is 6.54 Å². The van der Waals surface area contributed by atoms with Crippen LogP contribution >= 0.6 is 0 Å². The molecule has 0 fully saturated rings. The number of nitrogens with one attached hydrogen (secondary N) is 1. The Morgan fingerprint density at radius 1 is 1.36 bits per heavy atom. The molecule has 0 aliphatic carbocycles. The van der Waals surface area contributed by atoms with E-state index in [2.05, 4.69) is 22.2 Å². The average Bonchev–Trinajstić information content (AvgIpc) is 2.21. The Bertz CT molecular complexity index is 293. The van der Waals surface area contributed by atoms with Crippen molar-refractivity contribution < 1.29 is 9.53 Å². The number of hydrogen-bond donors (Lipinski definition) is 1. The van der Waals surface area contributed by atoms with Crippen molar-refractivity contribution in [3.8, 4) is 0 Å². The average molecular weight is 193 g/mol. The number of esters is 1. The molecule has 0 heterocycles. The van der Waals surface area contributed by atoms with Gasteiger partial charge in [0.2, 0.25) is 0 Å². The minimum atomic E-state index is -0.239. The van der Waals surface area contributed by atoms with E-state index in [1.807, 2.05) is 19.1 Å². The molecule has 0 bridgehead atoms. The van der Waals surface area contributed by atoms with E-state index in [0.717, 1.165) is 0 Å². The van der Waals surface area contributed by atoms with E-state index in [1.165, 1.54) is 18.2 Å². The SMILES string of the molecule is COC(=O)CNCc1ccc(C)cc1. The van der Waals surface area contributed by atoms with Gasteiger partial charge in [0.25, 0.3) is 0 Å². The zero-order chi connectivity index (χ0) is 10.4. The lowest BCUT2D eigenvalue weighted by Gasteiger charge is -2.03. The molecule has 0 unspecified atom stereocenters. The van der Waals surface area contributed by atoms with Gasteiger partial charge in [-0.05, 0) is 12.5 Å². The molecular formula is C11H15NO2. The summed E-state index contributed by atoms with van der Waals surface area (Å²) in [6.07, 6.45) is 0. The number of carbonyl (C=O) groups excluding carboxylic acids is 1. The van der Waals surface area contributed by atoms with Crippen LogP contribution in [0.2, 0.25) is 0 Å². The van der Waals surface area contributed by atoms with Crippen LogP contribution < -0.4 is 5.32 Å². The van der Waals surface area contributed by atoms with Crippen molar-refractivity contribution in [3.63, 3.8) is 0 Å². The predicted octanol–water partition coefficient (Wildman–Crippen LogP) is 1.26. The second-order valence-corrected chi connectivity index (χ2v) is 3.17. The lowest BCUT2D eigenvalue weighted by molar-refractivity contribution is -0.139. The normalized spacial score (nSPS) is 9.86. The van der Waals surface area contributed by atoms with Crippen molar-refractivity contribution in [1.82, 2.24) is 5.32 Å². The maximum Gasteiger partial charge on any atom is 0.319 e. The smallest absolute Gasteiger partial charge is 0.319 e. The quantitative estimate of drug-likeness (QED) is 0.731. The Morgan fingerprint density at radius 3 is 2.57 bits per heavy atom. The van der Waals surface area contributed by atoms with E-state index in [-0.39, 0.29) is 12.5 Å². The number of ether oxygens (including phenoxy) is 1. The number of benzene rings is 1. The summed E-state index contributed by atoms with van der Waals surface area (Å²) in [4.78, 5) is 10.8. The van der Waals surface area contributed by atoms with Crippen molar-refractivity contribution in [3.05, 3.63) is 35.4 Å². The largest absolute Gasteiger partial charge is 0.468 e. The third-order valence-corrected chi connectivity index (χ3v) is 1.95. The summed E-state index contributed by atoms with van der Waals surface area (Å²) in [5.74, 6) is -0.239. The van der Waals surface area contributed by atoms with Gasteiger partial charge in [-0.25, -0.2) is 0 Å². The molecule has 0 saturated heterocycles. The minimum absolute atomic E-state index is 0.239. The van der Waals surface area contributed by atoms with Gasteiger partial charge in [-0.3, -0.25) is 4.79 Å². The molecule has 0 radical (unpaired) electrons. The molecule has 1 aromatic rings. The fourth-order valence-corrected chi connectivity index (χ4v) is 1.09. The van der Waals surface area contributed by atoms with Gasteiger partial charge in [-0.1, -0.05) is 29.8 Å². The van der Waals surface area contributed by atoms with Crippen molar-refractivity contribution in [2.45, 2.75) is 13.5 Å². The second-order valence-electron chi connectivity index (χ2n) is 3.17. The van der Waals surface area contributed by atoms with Gasteiger partial charge in [0.15, 0.2) is 0 Å². The second kappa shape index (κ2) is 5.40. The Balaban J connectivity index is 2.31. The summed E-state index contributed by atoms with van der Waals surface area (Å²) in [7, 11) is 1.38. The van der Waals surface area contributed by atoms with Crippen LogP contribution in [-0.4, -0.2) is 19.6 Å². The van der Waals surface area contributed by atoms with Crippen LogP contribution in [-0.2, 0) is 16.1 Å². The fraction of sp³-hybridized carbons (Fsp3) is 0.364. The monoisotopic (exact) mass is 193 g/mol. The molecule has 1 rings (SSSR count). The standard InChI is InChI=1S/C11H15NO2/c1-9-3-5-10(6-4-9)7-12-8-11(13)14-2/h3-6,12H,7-8H2,1-2H3. The summed E-state index contributed by atoms with van der Waals surface area (Å²) in [5, 5.41) is 3.00. The molecule has 0 aromatic heterocycles. The first-order valence-corrected chi connectivity index (χ1v) is 4.55. The van der Waals surface area contributed by atoms with Crippen molar-refractivity contribution in [2.24, 2.45) is 0 Å². The minimum Gasteiger partial charge on any atom is -0.468 e. The molecule has 0 spiro atoms. The summed E-state index contributed by atoms with van der Waals surface area (Å²) in [5.41, 5.74) is 2.40. The maximum absolute atomic E-state index is 10.8. The van der Waals surface area contributed by atoms with Crippen molar-refractivity contribution in [1.29, 1.82) is 0 Å². The van der Waals surface area contributed by atoms with E-state index in [0.29, 0.717) is 6.54 Å². The van der Waals surface area contributed by atoms with Crippen LogP contribution in [0.25, 0.3) is 0 Å². The van der Waals surface area contributed by atoms with Gasteiger partial charge in [-0.15, -0.1) is 0 Å². The van der Waals surface area contributed by atoms with Crippen LogP contribution in [0.3, 0.4) is 0 Å². The van der Waals surface area contributed by atoms with Gasteiger partial charge in [0.1, 0.15) is 0 Å². The topological polar surface area (TPSA) is 38.3 Å². The fourth-order valence-electron chi connectivity index (χ4n) is 1.09. The number of carbonyl (C=O) groups is 1. The highest BCUT2D eigenvalue weighted by Gasteiger charge is 1.98. The third-order valence-electron chi connectivity index (χ3n) is 1.95. The molecule has 3 nitrogen and oxygen atoms in total. The highest BCUT2D eigenvalue weighted by molar-refractivity contribution is 5.71. The van der Waals surface area contributed by atoms with E-state index < -0.39 is 0 Å². The molecular weight excluding hydrogens is 178 g/mol. The molecule has 14 heavy (non-hydrogen) atoms. The lowest BCUT2D eigenvalue weighted by Crippen LogP contribution is -2.23. The summed E-state index contributed by atoms with van der Waals surface area (Å²) in [6, 6.07) is 8.18. The van der Waals surface area contributed by atoms with Crippen LogP contribution in [0.4, 0.5) is 0 Å². The van der Waals surface area contributed by atoms with E-state index in [4.69, 9.17) is 0 Å². The summed E-state index contributed by atoms with van der Waals surface area (Å²) >= 11 is 0. The molecule has 0 saturated carbocycles. The van der Waals surface area contributed by atoms with Crippen molar-refractivity contribution in [2.75, 3.05) is 13.7 Å². The molecule has 1 N–H and O–H groups in total. The number of methoxy groups -OCH3 is 1. The van der Waals surface area contributed by atoms with Gasteiger partial charge in [-0.2, -0.15) is 0 Å². The zero-order valence-electron chi connectivity index (χ0n) is 8.54. The van der Waals surface area contributed by atoms with Crippen LogP contribution in [0.1, 0.15) is 11.1 Å². The first-order chi connectivity index (χ1) is 6.72.